The van der Waals surface area contributed by atoms with Gasteiger partial charge in [-0.15, -0.1) is 0 Å². The van der Waals surface area contributed by atoms with Crippen molar-refractivity contribution in [3.63, 3.8) is 0 Å². The maximum Gasteiger partial charge on any atom is 0.252 e. The van der Waals surface area contributed by atoms with E-state index in [2.05, 4.69) is 10.6 Å². The van der Waals surface area contributed by atoms with Crippen LogP contribution < -0.4 is 10.6 Å². The summed E-state index contributed by atoms with van der Waals surface area (Å²) in [7, 11) is 0. The minimum absolute atomic E-state index is 0.0455. The number of rotatable bonds is 16. The van der Waals surface area contributed by atoms with Gasteiger partial charge in [-0.05, 0) is 36.8 Å². The largest absolute Gasteiger partial charge is 0.394 e. The number of aliphatic hydroxyl groups excluding tert-OH is 2. The third-order valence-electron chi connectivity index (χ3n) is 7.48. The lowest BCUT2D eigenvalue weighted by Crippen LogP contribution is -2.57. The van der Waals surface area contributed by atoms with Gasteiger partial charge in [0.1, 0.15) is 12.2 Å². The van der Waals surface area contributed by atoms with Crippen LogP contribution >= 0.6 is 0 Å². The van der Waals surface area contributed by atoms with Crippen LogP contribution in [0.2, 0.25) is 0 Å². The number of carbonyl (C=O) groups is 2. The molecule has 0 aromatic heterocycles. The van der Waals surface area contributed by atoms with E-state index < -0.39 is 54.1 Å². The van der Waals surface area contributed by atoms with Gasteiger partial charge in [0.05, 0.1) is 38.5 Å². The maximum atomic E-state index is 13.8. The Morgan fingerprint density at radius 3 is 1.37 bits per heavy atom. The molecule has 1 aliphatic heterocycles. The summed E-state index contributed by atoms with van der Waals surface area (Å²) in [5.74, 6) is -2.27. The smallest absolute Gasteiger partial charge is 0.252 e. The van der Waals surface area contributed by atoms with Crippen LogP contribution in [0, 0.1) is 11.8 Å². The van der Waals surface area contributed by atoms with Gasteiger partial charge in [-0.3, -0.25) is 9.59 Å². The number of ether oxygens (including phenoxy) is 4. The number of carbonyl (C=O) groups excluding carboxylic acids is 2. The highest BCUT2D eigenvalue weighted by atomic mass is 16.8. The van der Waals surface area contributed by atoms with Crippen molar-refractivity contribution >= 4 is 11.8 Å². The molecule has 1 fully saturated rings. The van der Waals surface area contributed by atoms with Crippen molar-refractivity contribution < 1.29 is 38.7 Å². The molecule has 3 rings (SSSR count). The van der Waals surface area contributed by atoms with E-state index in [-0.39, 0.29) is 38.3 Å². The van der Waals surface area contributed by atoms with Crippen LogP contribution in [-0.2, 0) is 41.8 Å². The first-order chi connectivity index (χ1) is 20.5. The van der Waals surface area contributed by atoms with Gasteiger partial charge in [-0.25, -0.2) is 0 Å². The standard InChI is InChI=1S/C33H48N2O8/c1-21(2)25(17-36)34-31(38)29(40-19-23-13-9-7-10-14-23)27-28(43-33(5,6)42-27)30(32(39)35-26(18-37)22(3)4)41-20-24-15-11-8-12-16-24/h7-16,21-22,25-30,36-37H,17-20H2,1-6H3,(H,34,38)(H,35,39)/t25-,26-,27-,28-,29-,30-/m1/s1. The lowest BCUT2D eigenvalue weighted by molar-refractivity contribution is -0.172. The summed E-state index contributed by atoms with van der Waals surface area (Å²) in [6, 6.07) is 17.8. The van der Waals surface area contributed by atoms with Crippen molar-refractivity contribution in [2.45, 2.75) is 97.0 Å². The molecule has 0 spiro atoms. The SMILES string of the molecule is CC(C)[C@@H](CO)NC(=O)[C@H](OCc1ccccc1)[C@@H]1OC(C)(C)O[C@H]1[C@@H](OCc1ccccc1)C(=O)N[C@H](CO)C(C)C. The van der Waals surface area contributed by atoms with Gasteiger partial charge in [-0.2, -0.15) is 0 Å². The van der Waals surface area contributed by atoms with Crippen LogP contribution in [0.15, 0.2) is 60.7 Å². The molecule has 1 aliphatic rings. The molecule has 4 N–H and O–H groups in total. The van der Waals surface area contributed by atoms with E-state index >= 15 is 0 Å². The number of hydrogen-bond acceptors (Lipinski definition) is 8. The molecule has 0 aliphatic carbocycles. The zero-order valence-corrected chi connectivity index (χ0v) is 26.1. The minimum Gasteiger partial charge on any atom is -0.394 e. The Balaban J connectivity index is 1.98. The number of benzene rings is 2. The summed E-state index contributed by atoms with van der Waals surface area (Å²) < 4.78 is 25.0. The highest BCUT2D eigenvalue weighted by Gasteiger charge is 2.53. The Labute approximate surface area is 255 Å². The van der Waals surface area contributed by atoms with E-state index in [1.165, 1.54) is 0 Å². The second kappa shape index (κ2) is 16.3. The van der Waals surface area contributed by atoms with Crippen molar-refractivity contribution in [1.29, 1.82) is 0 Å². The fourth-order valence-corrected chi connectivity index (χ4v) is 4.82. The quantitative estimate of drug-likeness (QED) is 0.231. The molecule has 238 valence electrons. The summed E-state index contributed by atoms with van der Waals surface area (Å²) in [5, 5.41) is 25.6. The van der Waals surface area contributed by atoms with Gasteiger partial charge in [0, 0.05) is 0 Å². The number of amides is 2. The molecule has 0 bridgehead atoms. The molecule has 1 saturated heterocycles. The fraction of sp³-hybridized carbons (Fsp3) is 0.576. The first-order valence-electron chi connectivity index (χ1n) is 14.9. The zero-order chi connectivity index (χ0) is 31.6. The second-order valence-electron chi connectivity index (χ2n) is 12.1. The van der Waals surface area contributed by atoms with Gasteiger partial charge in [0.25, 0.3) is 11.8 Å². The van der Waals surface area contributed by atoms with Crippen molar-refractivity contribution in [3.8, 4) is 0 Å². The highest BCUT2D eigenvalue weighted by molar-refractivity contribution is 5.84. The Morgan fingerprint density at radius 1 is 0.721 bits per heavy atom. The normalized spacial score (nSPS) is 20.9. The van der Waals surface area contributed by atoms with E-state index in [9.17, 15) is 19.8 Å². The fourth-order valence-electron chi connectivity index (χ4n) is 4.82. The highest BCUT2D eigenvalue weighted by Crippen LogP contribution is 2.35. The van der Waals surface area contributed by atoms with E-state index in [4.69, 9.17) is 18.9 Å². The van der Waals surface area contributed by atoms with E-state index in [0.29, 0.717) is 0 Å². The van der Waals surface area contributed by atoms with Gasteiger partial charge >= 0.3 is 0 Å². The van der Waals surface area contributed by atoms with Crippen molar-refractivity contribution in [3.05, 3.63) is 71.8 Å². The first kappa shape index (κ1) is 34.6. The van der Waals surface area contributed by atoms with E-state index in [0.717, 1.165) is 11.1 Å². The molecule has 1 heterocycles. The van der Waals surface area contributed by atoms with Gasteiger partial charge in [0.2, 0.25) is 0 Å². The Bertz CT molecular complexity index is 1040. The molecular weight excluding hydrogens is 552 g/mol. The van der Waals surface area contributed by atoms with Crippen LogP contribution in [0.1, 0.15) is 52.7 Å². The average Bonchev–Trinajstić information content (AvgIpc) is 3.29. The first-order valence-corrected chi connectivity index (χ1v) is 14.9. The predicted molar refractivity (Wildman–Crippen MR) is 162 cm³/mol. The molecule has 10 heteroatoms. The molecule has 2 aromatic carbocycles. The number of nitrogens with one attached hydrogen (secondary N) is 2. The van der Waals surface area contributed by atoms with Crippen LogP contribution in [0.3, 0.4) is 0 Å². The topological polar surface area (TPSA) is 136 Å². The molecule has 2 aromatic rings. The Kier molecular flexibility index (Phi) is 13.1. The van der Waals surface area contributed by atoms with E-state index in [1.54, 1.807) is 13.8 Å². The summed E-state index contributed by atoms with van der Waals surface area (Å²) in [6.45, 7) is 10.7. The molecular formula is C33H48N2O8. The Morgan fingerprint density at radius 2 is 1.07 bits per heavy atom. The zero-order valence-electron chi connectivity index (χ0n) is 26.1. The number of hydrogen-bond donors (Lipinski definition) is 4. The maximum absolute atomic E-state index is 13.8. The van der Waals surface area contributed by atoms with Crippen molar-refractivity contribution in [2.24, 2.45) is 11.8 Å². The summed E-state index contributed by atoms with van der Waals surface area (Å²) in [5.41, 5.74) is 1.69. The van der Waals surface area contributed by atoms with Crippen LogP contribution in [0.4, 0.5) is 0 Å². The van der Waals surface area contributed by atoms with Crippen LogP contribution in [0.5, 0.6) is 0 Å². The summed E-state index contributed by atoms with van der Waals surface area (Å²) >= 11 is 0. The molecule has 6 atom stereocenters. The van der Waals surface area contributed by atoms with Gasteiger partial charge in [-0.1, -0.05) is 88.4 Å². The van der Waals surface area contributed by atoms with Crippen molar-refractivity contribution in [1.82, 2.24) is 10.6 Å². The third-order valence-corrected chi connectivity index (χ3v) is 7.48. The Hall–Kier alpha value is -2.86. The number of aliphatic hydroxyl groups is 2. The van der Waals surface area contributed by atoms with Crippen molar-refractivity contribution in [2.75, 3.05) is 13.2 Å². The minimum atomic E-state index is -1.21. The molecule has 0 saturated carbocycles. The second-order valence-corrected chi connectivity index (χ2v) is 12.1. The van der Waals surface area contributed by atoms with E-state index in [1.807, 2.05) is 88.4 Å². The predicted octanol–water partition coefficient (Wildman–Crippen LogP) is 2.94. The molecule has 2 amide bonds. The monoisotopic (exact) mass is 600 g/mol. The molecule has 0 radical (unpaired) electrons. The van der Waals surface area contributed by atoms with Crippen LogP contribution in [0.25, 0.3) is 0 Å². The lowest BCUT2D eigenvalue weighted by Gasteiger charge is -2.32. The van der Waals surface area contributed by atoms with Gasteiger partial charge in [0.15, 0.2) is 18.0 Å². The molecule has 0 unspecified atom stereocenters. The van der Waals surface area contributed by atoms with Gasteiger partial charge < -0.3 is 39.8 Å². The molecule has 43 heavy (non-hydrogen) atoms. The summed E-state index contributed by atoms with van der Waals surface area (Å²) in [6.07, 6.45) is -4.53. The lowest BCUT2D eigenvalue weighted by atomic mass is 9.98. The third kappa shape index (κ3) is 10.1. The summed E-state index contributed by atoms with van der Waals surface area (Å²) in [4.78, 5) is 27.6. The van der Waals surface area contributed by atoms with Crippen LogP contribution in [-0.4, -0.2) is 77.5 Å². The average molecular weight is 601 g/mol. The molecule has 10 nitrogen and oxygen atoms in total.